The number of hydrogen-bond donors (Lipinski definition) is 1. The van der Waals surface area contributed by atoms with Gasteiger partial charge in [-0.3, -0.25) is 0 Å². The zero-order valence-electron chi connectivity index (χ0n) is 9.51. The van der Waals surface area contributed by atoms with E-state index in [-0.39, 0.29) is 0 Å². The van der Waals surface area contributed by atoms with Gasteiger partial charge < -0.3 is 5.11 Å². The Balaban J connectivity index is 0.000000423. The second kappa shape index (κ2) is 11.8. The molecule has 2 nitrogen and oxygen atoms in total. The lowest BCUT2D eigenvalue weighted by molar-refractivity contribution is 0.220. The van der Waals surface area contributed by atoms with E-state index in [1.165, 1.54) is 70.6 Å². The highest BCUT2D eigenvalue weighted by molar-refractivity contribution is 6.60. The Hall–Kier alpha value is -0.240. The molecule has 15 heavy (non-hydrogen) atoms. The van der Waals surface area contributed by atoms with Gasteiger partial charge in [-0.05, 0) is 0 Å². The first-order chi connectivity index (χ1) is 7.23. The molecule has 90 valence electrons. The Morgan fingerprint density at radius 3 is 0.800 bits per heavy atom. The third kappa shape index (κ3) is 16.4. The summed E-state index contributed by atoms with van der Waals surface area (Å²) in [5.41, 5.74) is -1.36. The van der Waals surface area contributed by atoms with Crippen LogP contribution < -0.4 is 0 Å². The monoisotopic (exact) mass is 234 g/mol. The maximum Gasteiger partial charge on any atom is 0.401 e. The van der Waals surface area contributed by atoms with Crippen molar-refractivity contribution in [2.24, 2.45) is 0 Å². The molecule has 0 amide bonds. The van der Waals surface area contributed by atoms with Crippen molar-refractivity contribution in [1.29, 1.82) is 0 Å². The van der Waals surface area contributed by atoms with E-state index < -0.39 is 5.43 Å². The van der Waals surface area contributed by atoms with Gasteiger partial charge in [0.15, 0.2) is 0 Å². The Morgan fingerprint density at radius 1 is 0.667 bits per heavy atom. The van der Waals surface area contributed by atoms with Crippen LogP contribution in [0.15, 0.2) is 0 Å². The summed E-state index contributed by atoms with van der Waals surface area (Å²) in [5, 5.41) is 7.18. The molecule has 0 radical (unpaired) electrons. The lowest BCUT2D eigenvalue weighted by Gasteiger charge is -1.97. The van der Waals surface area contributed by atoms with E-state index in [1.54, 1.807) is 0 Å². The molecule has 0 aliphatic heterocycles. The van der Waals surface area contributed by atoms with Gasteiger partial charge in [0.25, 0.3) is 0 Å². The van der Waals surface area contributed by atoms with Crippen LogP contribution in [-0.2, 0) is 0 Å². The van der Waals surface area contributed by atoms with Gasteiger partial charge >= 0.3 is 5.43 Å². The molecule has 1 N–H and O–H groups in total. The number of carboxylic acid groups (broad SMARTS) is 1. The molecular weight excluding hydrogens is 212 g/mol. The summed E-state index contributed by atoms with van der Waals surface area (Å²) in [7, 11) is 0. The number of halogens is 1. The molecule has 1 rings (SSSR count). The fourth-order valence-corrected chi connectivity index (χ4v) is 1.94. The zero-order chi connectivity index (χ0) is 11.4. The van der Waals surface area contributed by atoms with E-state index in [4.69, 9.17) is 9.90 Å². The number of carbonyl (C=O) groups is 1. The molecule has 0 bridgehead atoms. The highest BCUT2D eigenvalue weighted by Gasteiger charge is 1.95. The zero-order valence-corrected chi connectivity index (χ0v) is 10.3. The summed E-state index contributed by atoms with van der Waals surface area (Å²) < 4.78 is 0. The highest BCUT2D eigenvalue weighted by Crippen LogP contribution is 2.15. The van der Waals surface area contributed by atoms with Crippen molar-refractivity contribution < 1.29 is 9.90 Å². The fourth-order valence-electron chi connectivity index (χ4n) is 1.94. The Morgan fingerprint density at radius 2 is 0.733 bits per heavy atom. The SMILES string of the molecule is C1CCCCCCCCCC1.O=C(O)Cl. The van der Waals surface area contributed by atoms with Crippen LogP contribution in [-0.4, -0.2) is 10.5 Å². The van der Waals surface area contributed by atoms with Crippen molar-refractivity contribution in [2.45, 2.75) is 70.6 Å². The third-order valence-electron chi connectivity index (χ3n) is 2.75. The van der Waals surface area contributed by atoms with Gasteiger partial charge in [-0.2, -0.15) is 0 Å². The number of hydrogen-bond acceptors (Lipinski definition) is 1. The molecule has 0 atom stereocenters. The first-order valence-electron chi connectivity index (χ1n) is 6.12. The lowest BCUT2D eigenvalue weighted by atomic mass is 10.1. The van der Waals surface area contributed by atoms with Gasteiger partial charge in [0.05, 0.1) is 0 Å². The van der Waals surface area contributed by atoms with Crippen LogP contribution in [0, 0.1) is 0 Å². The largest absolute Gasteiger partial charge is 0.469 e. The molecule has 0 spiro atoms. The predicted molar refractivity (Wildman–Crippen MR) is 64.7 cm³/mol. The van der Waals surface area contributed by atoms with Crippen molar-refractivity contribution in [2.75, 3.05) is 0 Å². The van der Waals surface area contributed by atoms with Crippen molar-refractivity contribution in [3.8, 4) is 0 Å². The first kappa shape index (κ1) is 14.8. The second-order valence-corrected chi connectivity index (χ2v) is 4.47. The van der Waals surface area contributed by atoms with E-state index in [1.807, 2.05) is 0 Å². The Bertz CT molecular complexity index is 107. The van der Waals surface area contributed by atoms with Gasteiger partial charge in [0.2, 0.25) is 0 Å². The summed E-state index contributed by atoms with van der Waals surface area (Å²) in [6, 6.07) is 0. The van der Waals surface area contributed by atoms with E-state index in [2.05, 4.69) is 11.6 Å². The van der Waals surface area contributed by atoms with Gasteiger partial charge in [0, 0.05) is 11.6 Å². The normalized spacial score (nSPS) is 19.3. The van der Waals surface area contributed by atoms with E-state index in [0.29, 0.717) is 0 Å². The smallest absolute Gasteiger partial charge is 0.401 e. The minimum atomic E-state index is -1.36. The molecule has 1 aliphatic rings. The summed E-state index contributed by atoms with van der Waals surface area (Å²) in [4.78, 5) is 8.77. The van der Waals surface area contributed by atoms with Crippen LogP contribution in [0.25, 0.3) is 0 Å². The fraction of sp³-hybridized carbons (Fsp3) is 0.917. The molecule has 3 heteroatoms. The highest BCUT2D eigenvalue weighted by atomic mass is 35.5. The summed E-state index contributed by atoms with van der Waals surface area (Å²) in [6.07, 6.45) is 16.5. The van der Waals surface area contributed by atoms with Gasteiger partial charge in [-0.15, -0.1) is 0 Å². The summed E-state index contributed by atoms with van der Waals surface area (Å²) >= 11 is 4.19. The molecule has 0 unspecified atom stereocenters. The van der Waals surface area contributed by atoms with E-state index >= 15 is 0 Å². The average Bonchev–Trinajstić information content (AvgIpc) is 2.22. The average molecular weight is 235 g/mol. The topological polar surface area (TPSA) is 37.3 Å². The summed E-state index contributed by atoms with van der Waals surface area (Å²) in [6.45, 7) is 0. The third-order valence-corrected chi connectivity index (χ3v) is 2.75. The Kier molecular flexibility index (Phi) is 11.6. The van der Waals surface area contributed by atoms with Gasteiger partial charge in [-0.1, -0.05) is 70.6 Å². The van der Waals surface area contributed by atoms with Crippen molar-refractivity contribution >= 4 is 17.0 Å². The molecule has 0 aromatic rings. The molecule has 0 aromatic heterocycles. The van der Waals surface area contributed by atoms with Gasteiger partial charge in [0.1, 0.15) is 0 Å². The van der Waals surface area contributed by atoms with E-state index in [0.717, 1.165) is 0 Å². The number of rotatable bonds is 0. The quantitative estimate of drug-likeness (QED) is 0.586. The molecule has 0 saturated heterocycles. The first-order valence-corrected chi connectivity index (χ1v) is 6.49. The Labute approximate surface area is 98.0 Å². The lowest BCUT2D eigenvalue weighted by Crippen LogP contribution is -1.77. The maximum absolute atomic E-state index is 8.77. The van der Waals surface area contributed by atoms with Crippen LogP contribution in [0.1, 0.15) is 70.6 Å². The maximum atomic E-state index is 8.77. The molecule has 1 saturated carbocycles. The van der Waals surface area contributed by atoms with Crippen LogP contribution in [0.5, 0.6) is 0 Å². The molecule has 0 aromatic carbocycles. The van der Waals surface area contributed by atoms with Crippen molar-refractivity contribution in [3.05, 3.63) is 0 Å². The summed E-state index contributed by atoms with van der Waals surface area (Å²) in [5.74, 6) is 0. The predicted octanol–water partition coefficient (Wildman–Crippen LogP) is 5.19. The minimum Gasteiger partial charge on any atom is -0.469 e. The van der Waals surface area contributed by atoms with Crippen LogP contribution >= 0.6 is 11.6 Å². The van der Waals surface area contributed by atoms with Crippen molar-refractivity contribution in [1.82, 2.24) is 0 Å². The van der Waals surface area contributed by atoms with E-state index in [9.17, 15) is 0 Å². The molecule has 1 aliphatic carbocycles. The van der Waals surface area contributed by atoms with Crippen LogP contribution in [0.4, 0.5) is 4.79 Å². The van der Waals surface area contributed by atoms with Gasteiger partial charge in [-0.25, -0.2) is 4.79 Å². The van der Waals surface area contributed by atoms with Crippen molar-refractivity contribution in [3.63, 3.8) is 0 Å². The molecular formula is C12H23ClO2. The van der Waals surface area contributed by atoms with Crippen LogP contribution in [0.3, 0.4) is 0 Å². The molecule has 0 heterocycles. The standard InChI is InChI=1S/C11H22.CHClO2/c1-2-4-6-8-10-11-9-7-5-3-1;2-1(3)4/h1-11H2;(H,3,4). The minimum absolute atomic E-state index is 1.36. The second-order valence-electron chi connectivity index (χ2n) is 4.14. The van der Waals surface area contributed by atoms with Crippen LogP contribution in [0.2, 0.25) is 0 Å². The molecule has 1 fully saturated rings.